The minimum atomic E-state index is -4.66. The molecule has 0 aliphatic heterocycles. The van der Waals surface area contributed by atoms with Crippen LogP contribution in [0.3, 0.4) is 0 Å². The fourth-order valence-electron chi connectivity index (χ4n) is 0.944. The third-order valence-corrected chi connectivity index (χ3v) is 1.70. The topological polar surface area (TPSA) is 20.2 Å². The summed E-state index contributed by atoms with van der Waals surface area (Å²) in [5, 5.41) is 8.25. The fourth-order valence-corrected chi connectivity index (χ4v) is 0.944. The molecule has 2 atom stereocenters. The van der Waals surface area contributed by atoms with E-state index in [0.717, 1.165) is 0 Å². The van der Waals surface area contributed by atoms with Gasteiger partial charge in [-0.2, -0.15) is 0 Å². The molecule has 54 valence electrons. The Morgan fingerprint density at radius 1 is 1.40 bits per heavy atom. The van der Waals surface area contributed by atoms with Gasteiger partial charge in [0.2, 0.25) is 0 Å². The van der Waals surface area contributed by atoms with Crippen molar-refractivity contribution in [1.29, 1.82) is 0 Å². The predicted molar refractivity (Wildman–Crippen MR) is 28.0 cm³/mol. The summed E-state index contributed by atoms with van der Waals surface area (Å²) in [5.41, 5.74) is 0. The Bertz CT molecular complexity index is 118. The smallest absolute Gasteiger partial charge is 0.449 e. The van der Waals surface area contributed by atoms with E-state index in [9.17, 15) is 12.9 Å². The summed E-state index contributed by atoms with van der Waals surface area (Å²) in [4.78, 5) is 0. The van der Waals surface area contributed by atoms with Crippen molar-refractivity contribution in [2.24, 2.45) is 5.92 Å². The van der Waals surface area contributed by atoms with Gasteiger partial charge in [-0.25, -0.2) is 0 Å². The Kier molecular flexibility index (Phi) is 4.48. The maximum absolute atomic E-state index is 11.6. The van der Waals surface area contributed by atoms with Gasteiger partial charge in [-0.1, -0.05) is 12.2 Å². The summed E-state index contributed by atoms with van der Waals surface area (Å²) in [7, 11) is 0. The van der Waals surface area contributed by atoms with Crippen molar-refractivity contribution in [3.63, 3.8) is 0 Å². The van der Waals surface area contributed by atoms with E-state index in [1.165, 1.54) is 0 Å². The average Bonchev–Trinajstić information content (AvgIpc) is 2.39. The van der Waals surface area contributed by atoms with E-state index in [2.05, 4.69) is 0 Å². The number of hydrogen-bond acceptors (Lipinski definition) is 1. The number of rotatable bonds is 2. The van der Waals surface area contributed by atoms with Crippen molar-refractivity contribution in [1.82, 2.24) is 0 Å². The van der Waals surface area contributed by atoms with Crippen LogP contribution < -0.4 is 51.4 Å². The quantitative estimate of drug-likeness (QED) is 0.495. The van der Waals surface area contributed by atoms with E-state index < -0.39 is 18.7 Å². The molecule has 1 aliphatic rings. The molecule has 0 bridgehead atoms. The number of halogens is 3. The Morgan fingerprint density at radius 2 is 1.90 bits per heavy atom. The summed E-state index contributed by atoms with van der Waals surface area (Å²) >= 11 is 0. The van der Waals surface area contributed by atoms with Gasteiger partial charge in [-0.05, 0) is 5.92 Å². The molecule has 0 aromatic heterocycles. The molecule has 1 fully saturated rings. The van der Waals surface area contributed by atoms with E-state index in [-0.39, 0.29) is 64.4 Å². The summed E-state index contributed by atoms with van der Waals surface area (Å²) in [6.07, 6.45) is 0.139. The van der Waals surface area contributed by atoms with Crippen molar-refractivity contribution >= 4 is 6.98 Å². The number of hydrogen-bond donors (Lipinski definition) is 1. The van der Waals surface area contributed by atoms with Crippen LogP contribution in [0.4, 0.5) is 12.9 Å². The van der Waals surface area contributed by atoms with Crippen LogP contribution in [0.25, 0.3) is 0 Å². The molecule has 1 aliphatic carbocycles. The second-order valence-electron chi connectivity index (χ2n) is 2.47. The third-order valence-electron chi connectivity index (χ3n) is 1.70. The van der Waals surface area contributed by atoms with Crippen molar-refractivity contribution in [2.45, 2.75) is 12.2 Å². The number of aliphatic hydroxyl groups is 1. The molecule has 0 unspecified atom stereocenters. The molecular weight excluding hydrogens is 171 g/mol. The zero-order valence-electron chi connectivity index (χ0n) is 5.73. The summed E-state index contributed by atoms with van der Waals surface area (Å²) in [6, 6.07) is 0. The van der Waals surface area contributed by atoms with E-state index in [1.54, 1.807) is 0 Å². The second kappa shape index (κ2) is 3.91. The van der Waals surface area contributed by atoms with Crippen molar-refractivity contribution in [3.05, 3.63) is 0 Å². The molecule has 0 spiro atoms. The summed E-state index contributed by atoms with van der Waals surface area (Å²) < 4.78 is 34.9. The first kappa shape index (κ1) is 11.5. The average molecular weight is 178 g/mol. The molecule has 1 rings (SSSR count). The van der Waals surface area contributed by atoms with Gasteiger partial charge in [0.05, 0.1) is 0 Å². The van der Waals surface area contributed by atoms with E-state index in [0.29, 0.717) is 0 Å². The van der Waals surface area contributed by atoms with Crippen LogP contribution in [0.1, 0.15) is 6.42 Å². The maximum atomic E-state index is 11.6. The van der Waals surface area contributed by atoms with Crippen LogP contribution in [0.2, 0.25) is 5.82 Å². The summed E-state index contributed by atoms with van der Waals surface area (Å²) in [5.74, 6) is -1.64. The Morgan fingerprint density at radius 3 is 2.00 bits per heavy atom. The molecule has 1 saturated carbocycles. The first-order valence-corrected chi connectivity index (χ1v) is 2.86. The van der Waals surface area contributed by atoms with Gasteiger partial charge < -0.3 is 18.1 Å². The zero-order valence-corrected chi connectivity index (χ0v) is 8.85. The monoisotopic (exact) mass is 178 g/mol. The van der Waals surface area contributed by atoms with Crippen LogP contribution >= 0.6 is 0 Å². The van der Waals surface area contributed by atoms with E-state index in [1.807, 2.05) is 0 Å². The van der Waals surface area contributed by atoms with Gasteiger partial charge in [-0.3, -0.25) is 0 Å². The third kappa shape index (κ3) is 2.83. The molecule has 10 heavy (non-hydrogen) atoms. The van der Waals surface area contributed by atoms with Crippen molar-refractivity contribution < 1.29 is 69.4 Å². The van der Waals surface area contributed by atoms with Crippen molar-refractivity contribution in [3.8, 4) is 0 Å². The molecule has 0 heterocycles. The van der Waals surface area contributed by atoms with Gasteiger partial charge in [0, 0.05) is 6.61 Å². The van der Waals surface area contributed by atoms with Crippen LogP contribution in [-0.4, -0.2) is 18.7 Å². The molecule has 0 aromatic carbocycles. The first-order valence-electron chi connectivity index (χ1n) is 2.86. The SMILES string of the molecule is OC[C@H]1C[C@H]1[B-](F)(F)F.[K+]. The minimum absolute atomic E-state index is 0. The van der Waals surface area contributed by atoms with E-state index >= 15 is 0 Å². The molecule has 1 N–H and O–H groups in total. The van der Waals surface area contributed by atoms with Gasteiger partial charge in [0.25, 0.3) is 0 Å². The predicted octanol–water partition coefficient (Wildman–Crippen LogP) is -1.78. The fraction of sp³-hybridized carbons (Fsp3) is 1.00. The largest absolute Gasteiger partial charge is 1.00 e. The molecule has 0 aromatic rings. The van der Waals surface area contributed by atoms with Crippen LogP contribution in [0.15, 0.2) is 0 Å². The number of aliphatic hydroxyl groups excluding tert-OH is 1. The maximum Gasteiger partial charge on any atom is 1.00 e. The Labute approximate surface area is 99.8 Å². The van der Waals surface area contributed by atoms with Gasteiger partial charge in [-0.15, -0.1) is 0 Å². The normalized spacial score (nSPS) is 31.2. The molecular formula is C4H7BF3KO. The van der Waals surface area contributed by atoms with Crippen LogP contribution in [0.5, 0.6) is 0 Å². The summed E-state index contributed by atoms with van der Waals surface area (Å²) in [6.45, 7) is -4.97. The van der Waals surface area contributed by atoms with Gasteiger partial charge in [0.15, 0.2) is 0 Å². The minimum Gasteiger partial charge on any atom is -0.449 e. The standard InChI is InChI=1S/C4H7BF3O.K/c6-5(7,8)4-1-3(4)2-9;/h3-4,9H,1-2H2;/q-1;+1/t3-,4-;/m1./s1. The molecule has 1 nitrogen and oxygen atoms in total. The van der Waals surface area contributed by atoms with E-state index in [4.69, 9.17) is 5.11 Å². The van der Waals surface area contributed by atoms with Gasteiger partial charge in [0.1, 0.15) is 0 Å². The molecule has 0 radical (unpaired) electrons. The van der Waals surface area contributed by atoms with Gasteiger partial charge >= 0.3 is 58.4 Å². The molecule has 6 heteroatoms. The Balaban J connectivity index is 0.000000810. The molecule has 0 amide bonds. The van der Waals surface area contributed by atoms with Crippen LogP contribution in [0, 0.1) is 5.92 Å². The first-order chi connectivity index (χ1) is 4.05. The second-order valence-corrected chi connectivity index (χ2v) is 2.47. The Hall–Kier alpha value is 1.45. The zero-order chi connectivity index (χ0) is 7.07. The van der Waals surface area contributed by atoms with Crippen molar-refractivity contribution in [2.75, 3.05) is 6.61 Å². The van der Waals surface area contributed by atoms with Crippen LogP contribution in [-0.2, 0) is 0 Å². The molecule has 0 saturated heterocycles.